The van der Waals surface area contributed by atoms with E-state index in [1.165, 1.54) is 6.92 Å². The molecule has 0 fully saturated rings. The van der Waals surface area contributed by atoms with Gasteiger partial charge in [0.05, 0.1) is 17.4 Å². The van der Waals surface area contributed by atoms with Crippen molar-refractivity contribution in [2.24, 2.45) is 11.3 Å². The molecule has 0 aliphatic heterocycles. The van der Waals surface area contributed by atoms with Gasteiger partial charge in [0.15, 0.2) is 0 Å². The maximum Gasteiger partial charge on any atom is 0.393 e. The van der Waals surface area contributed by atoms with E-state index in [0.717, 1.165) is 6.92 Å². The first kappa shape index (κ1) is 15.6. The van der Waals surface area contributed by atoms with Gasteiger partial charge in [-0.1, -0.05) is 13.0 Å². The molecule has 1 aliphatic rings. The second kappa shape index (κ2) is 5.66. The lowest BCUT2D eigenvalue weighted by molar-refractivity contribution is -0.176. The van der Waals surface area contributed by atoms with Gasteiger partial charge in [0, 0.05) is 11.7 Å². The molecule has 0 saturated carbocycles. The number of hydrogen-bond acceptors (Lipinski definition) is 3. The maximum absolute atomic E-state index is 12.5. The minimum atomic E-state index is -4.23. The van der Waals surface area contributed by atoms with E-state index in [-0.39, 0.29) is 0 Å². The van der Waals surface area contributed by atoms with Gasteiger partial charge in [-0.2, -0.15) is 18.4 Å². The topological polar surface area (TPSA) is 47.8 Å². The summed E-state index contributed by atoms with van der Waals surface area (Å²) in [5.41, 5.74) is 5.35. The number of rotatable bonds is 4. The Kier molecular flexibility index (Phi) is 4.64. The van der Waals surface area contributed by atoms with Gasteiger partial charge in [-0.15, -0.1) is 0 Å². The molecule has 0 aromatic heterocycles. The number of hydrazine groups is 1. The summed E-state index contributed by atoms with van der Waals surface area (Å²) in [4.78, 5) is 0. The zero-order valence-corrected chi connectivity index (χ0v) is 11.2. The van der Waals surface area contributed by atoms with E-state index in [9.17, 15) is 13.2 Å². The van der Waals surface area contributed by atoms with Crippen LogP contribution in [0.5, 0.6) is 0 Å². The number of halogens is 3. The van der Waals surface area contributed by atoms with Crippen molar-refractivity contribution in [3.05, 3.63) is 23.9 Å². The Morgan fingerprint density at radius 1 is 1.42 bits per heavy atom. The number of alkyl halides is 3. The molecule has 0 spiro atoms. The van der Waals surface area contributed by atoms with Crippen LogP contribution in [0, 0.1) is 22.7 Å². The van der Waals surface area contributed by atoms with Crippen molar-refractivity contribution in [3.8, 4) is 6.07 Å². The molecular formula is C13H18F3N3. The van der Waals surface area contributed by atoms with Crippen molar-refractivity contribution in [3.63, 3.8) is 0 Å². The molecule has 0 saturated heterocycles. The molecule has 1 aliphatic carbocycles. The fraction of sp³-hybridized carbons (Fsp3) is 0.615. The molecule has 106 valence electrons. The van der Waals surface area contributed by atoms with Gasteiger partial charge in [0.25, 0.3) is 0 Å². The highest BCUT2D eigenvalue weighted by Gasteiger charge is 2.39. The average Bonchev–Trinajstić information content (AvgIpc) is 2.34. The van der Waals surface area contributed by atoms with Gasteiger partial charge >= 0.3 is 6.18 Å². The highest BCUT2D eigenvalue weighted by Crippen LogP contribution is 2.29. The second-order valence-electron chi connectivity index (χ2n) is 5.12. The third-order valence-electron chi connectivity index (χ3n) is 3.28. The summed E-state index contributed by atoms with van der Waals surface area (Å²) in [5, 5.41) is 9.01. The average molecular weight is 273 g/mol. The SMILES string of the molecule is CC([C@H](C)NNC1=CC(C)(C#N)CC=C1)C(F)(F)F. The van der Waals surface area contributed by atoms with Crippen molar-refractivity contribution < 1.29 is 13.2 Å². The Morgan fingerprint density at radius 2 is 2.05 bits per heavy atom. The van der Waals surface area contributed by atoms with E-state index < -0.39 is 23.6 Å². The number of nitrogens with one attached hydrogen (secondary N) is 2. The zero-order chi connectivity index (χ0) is 14.7. The predicted octanol–water partition coefficient (Wildman–Crippen LogP) is 3.04. The molecule has 0 aromatic carbocycles. The molecule has 2 unspecified atom stereocenters. The van der Waals surface area contributed by atoms with Crippen LogP contribution < -0.4 is 10.9 Å². The van der Waals surface area contributed by atoms with Crippen molar-refractivity contribution in [1.82, 2.24) is 10.9 Å². The molecule has 6 heteroatoms. The van der Waals surface area contributed by atoms with Crippen molar-refractivity contribution in [1.29, 1.82) is 5.26 Å². The number of nitrogens with zero attached hydrogens (tertiary/aromatic N) is 1. The van der Waals surface area contributed by atoms with Crippen LogP contribution in [0.15, 0.2) is 23.9 Å². The molecular weight excluding hydrogens is 255 g/mol. The Balaban J connectivity index is 2.59. The first-order valence-electron chi connectivity index (χ1n) is 6.07. The Bertz CT molecular complexity index is 420. The van der Waals surface area contributed by atoms with Gasteiger partial charge in [-0.05, 0) is 32.4 Å². The summed E-state index contributed by atoms with van der Waals surface area (Å²) in [5.74, 6) is -1.46. The summed E-state index contributed by atoms with van der Waals surface area (Å²) in [6.07, 6.45) is 1.66. The standard InChI is InChI=1S/C13H18F3N3/c1-9(13(14,15)16)10(2)18-19-11-5-4-6-12(3,7-11)8-17/h4-5,7,9-10,18-19H,6H2,1-3H3/t9?,10-,12?/m0/s1. The van der Waals surface area contributed by atoms with Crippen LogP contribution >= 0.6 is 0 Å². The molecule has 3 nitrogen and oxygen atoms in total. The van der Waals surface area contributed by atoms with E-state index in [0.29, 0.717) is 12.1 Å². The van der Waals surface area contributed by atoms with Crippen LogP contribution in [0.2, 0.25) is 0 Å². The largest absolute Gasteiger partial charge is 0.393 e. The van der Waals surface area contributed by atoms with Gasteiger partial charge in [-0.25, -0.2) is 5.43 Å². The first-order chi connectivity index (χ1) is 8.68. The number of hydrogen-bond donors (Lipinski definition) is 2. The third-order valence-corrected chi connectivity index (χ3v) is 3.28. The molecule has 19 heavy (non-hydrogen) atoms. The predicted molar refractivity (Wildman–Crippen MR) is 66.5 cm³/mol. The lowest BCUT2D eigenvalue weighted by Gasteiger charge is -2.26. The minimum absolute atomic E-state index is 0.600. The molecule has 0 amide bonds. The lowest BCUT2D eigenvalue weighted by atomic mass is 9.84. The van der Waals surface area contributed by atoms with E-state index >= 15 is 0 Å². The van der Waals surface area contributed by atoms with Crippen LogP contribution in [0.1, 0.15) is 27.2 Å². The first-order valence-corrected chi connectivity index (χ1v) is 6.07. The van der Waals surface area contributed by atoms with E-state index in [2.05, 4.69) is 16.9 Å². The van der Waals surface area contributed by atoms with Crippen LogP contribution in [0.25, 0.3) is 0 Å². The third kappa shape index (κ3) is 4.28. The second-order valence-corrected chi connectivity index (χ2v) is 5.12. The summed E-state index contributed by atoms with van der Waals surface area (Å²) >= 11 is 0. The summed E-state index contributed by atoms with van der Waals surface area (Å²) in [6.45, 7) is 4.37. The summed E-state index contributed by atoms with van der Waals surface area (Å²) in [6, 6.07) is 1.40. The van der Waals surface area contributed by atoms with E-state index in [1.807, 2.05) is 6.08 Å². The molecule has 0 radical (unpaired) electrons. The van der Waals surface area contributed by atoms with Gasteiger partial charge in [-0.3, -0.25) is 0 Å². The normalized spacial score (nSPS) is 26.3. The summed E-state index contributed by atoms with van der Waals surface area (Å²) < 4.78 is 37.5. The van der Waals surface area contributed by atoms with Crippen molar-refractivity contribution in [2.75, 3.05) is 0 Å². The fourth-order valence-electron chi connectivity index (χ4n) is 1.64. The van der Waals surface area contributed by atoms with Gasteiger partial charge < -0.3 is 5.43 Å². The van der Waals surface area contributed by atoms with Crippen LogP contribution in [-0.4, -0.2) is 12.2 Å². The quantitative estimate of drug-likeness (QED) is 0.774. The highest BCUT2D eigenvalue weighted by molar-refractivity contribution is 5.29. The summed E-state index contributed by atoms with van der Waals surface area (Å²) in [7, 11) is 0. The fourth-order valence-corrected chi connectivity index (χ4v) is 1.64. The maximum atomic E-state index is 12.5. The molecule has 1 rings (SSSR count). The van der Waals surface area contributed by atoms with E-state index in [1.54, 1.807) is 19.1 Å². The Labute approximate surface area is 111 Å². The van der Waals surface area contributed by atoms with Gasteiger partial charge in [0.1, 0.15) is 0 Å². The smallest absolute Gasteiger partial charge is 0.322 e. The van der Waals surface area contributed by atoms with Crippen molar-refractivity contribution in [2.45, 2.75) is 39.4 Å². The molecule has 0 heterocycles. The van der Waals surface area contributed by atoms with Crippen LogP contribution in [0.4, 0.5) is 13.2 Å². The van der Waals surface area contributed by atoms with E-state index in [4.69, 9.17) is 5.26 Å². The minimum Gasteiger partial charge on any atom is -0.322 e. The molecule has 0 aromatic rings. The Morgan fingerprint density at radius 3 is 2.58 bits per heavy atom. The Hall–Kier alpha value is -1.48. The lowest BCUT2D eigenvalue weighted by Crippen LogP contribution is -2.46. The number of allylic oxidation sites excluding steroid dienone is 3. The monoisotopic (exact) mass is 273 g/mol. The number of nitriles is 1. The van der Waals surface area contributed by atoms with Crippen molar-refractivity contribution >= 4 is 0 Å². The molecule has 0 bridgehead atoms. The van der Waals surface area contributed by atoms with Crippen LogP contribution in [-0.2, 0) is 0 Å². The highest BCUT2D eigenvalue weighted by atomic mass is 19.4. The van der Waals surface area contributed by atoms with Gasteiger partial charge in [0.2, 0.25) is 0 Å². The zero-order valence-electron chi connectivity index (χ0n) is 11.2. The van der Waals surface area contributed by atoms with Crippen LogP contribution in [0.3, 0.4) is 0 Å². The molecule has 2 N–H and O–H groups in total. The molecule has 3 atom stereocenters.